The van der Waals surface area contributed by atoms with E-state index in [0.717, 1.165) is 31.4 Å². The molecule has 2 aromatic carbocycles. The van der Waals surface area contributed by atoms with Crippen molar-refractivity contribution in [2.45, 2.75) is 25.3 Å². The molecular formula is C21H23FN4O. The summed E-state index contributed by atoms with van der Waals surface area (Å²) in [5.74, 6) is 0.318. The average Bonchev–Trinajstić information content (AvgIpc) is 2.69. The van der Waals surface area contributed by atoms with Crippen molar-refractivity contribution >= 4 is 11.7 Å². The fraction of sp³-hybridized carbons (Fsp3) is 0.333. The van der Waals surface area contributed by atoms with Gasteiger partial charge in [0.2, 0.25) is 0 Å². The number of hydrogen-bond acceptors (Lipinski definition) is 3. The molecule has 1 heterocycles. The van der Waals surface area contributed by atoms with E-state index in [9.17, 15) is 9.18 Å². The molecule has 0 radical (unpaired) electrons. The van der Waals surface area contributed by atoms with Crippen molar-refractivity contribution in [2.24, 2.45) is 5.92 Å². The maximum Gasteiger partial charge on any atom is 0.319 e. The number of anilines is 1. The Bertz CT molecular complexity index is 808. The number of nitrogens with one attached hydrogen (secondary N) is 3. The number of piperidine rings is 1. The molecule has 0 unspecified atom stereocenters. The van der Waals surface area contributed by atoms with Crippen LogP contribution < -0.4 is 16.0 Å². The van der Waals surface area contributed by atoms with Crippen LogP contribution in [-0.2, 0) is 6.42 Å². The SMILES string of the molecule is N#Cc1cccc(NC(=O)NC[C@H]2CC[C@@H](Cc3ccc(F)cc3)CN2)c1. The van der Waals surface area contributed by atoms with Gasteiger partial charge >= 0.3 is 6.03 Å². The summed E-state index contributed by atoms with van der Waals surface area (Å²) in [5, 5.41) is 18.0. The molecule has 0 aromatic heterocycles. The Kier molecular flexibility index (Phi) is 6.39. The monoisotopic (exact) mass is 366 g/mol. The number of amides is 2. The summed E-state index contributed by atoms with van der Waals surface area (Å²) in [7, 11) is 0. The lowest BCUT2D eigenvalue weighted by molar-refractivity contribution is 0.247. The number of nitrogens with zero attached hydrogens (tertiary/aromatic N) is 1. The van der Waals surface area contributed by atoms with Gasteiger partial charge in [-0.25, -0.2) is 9.18 Å². The maximum atomic E-state index is 13.0. The third kappa shape index (κ3) is 5.80. The molecule has 1 saturated heterocycles. The maximum absolute atomic E-state index is 13.0. The molecule has 140 valence electrons. The van der Waals surface area contributed by atoms with E-state index in [1.54, 1.807) is 24.3 Å². The first kappa shape index (κ1) is 18.9. The molecule has 0 aliphatic carbocycles. The molecule has 2 atom stereocenters. The highest BCUT2D eigenvalue weighted by molar-refractivity contribution is 5.89. The summed E-state index contributed by atoms with van der Waals surface area (Å²) in [4.78, 5) is 12.0. The zero-order valence-corrected chi connectivity index (χ0v) is 15.0. The molecule has 27 heavy (non-hydrogen) atoms. The topological polar surface area (TPSA) is 77.0 Å². The first-order valence-electron chi connectivity index (χ1n) is 9.15. The third-order valence-corrected chi connectivity index (χ3v) is 4.81. The molecule has 0 spiro atoms. The van der Waals surface area contributed by atoms with E-state index in [1.807, 2.05) is 18.2 Å². The van der Waals surface area contributed by atoms with Gasteiger partial charge in [-0.3, -0.25) is 0 Å². The van der Waals surface area contributed by atoms with Gasteiger partial charge < -0.3 is 16.0 Å². The average molecular weight is 366 g/mol. The van der Waals surface area contributed by atoms with E-state index in [0.29, 0.717) is 23.7 Å². The Balaban J connectivity index is 1.38. The highest BCUT2D eigenvalue weighted by atomic mass is 19.1. The van der Waals surface area contributed by atoms with E-state index < -0.39 is 0 Å². The predicted octanol–water partition coefficient (Wildman–Crippen LogP) is 3.43. The summed E-state index contributed by atoms with van der Waals surface area (Å²) >= 11 is 0. The Morgan fingerprint density at radius 3 is 2.74 bits per heavy atom. The molecule has 1 aliphatic rings. The number of rotatable bonds is 5. The first-order valence-corrected chi connectivity index (χ1v) is 9.15. The van der Waals surface area contributed by atoms with Crippen LogP contribution in [0.15, 0.2) is 48.5 Å². The quantitative estimate of drug-likeness (QED) is 0.759. The summed E-state index contributed by atoms with van der Waals surface area (Å²) in [6.45, 7) is 1.43. The lowest BCUT2D eigenvalue weighted by atomic mass is 9.89. The standard InChI is InChI=1S/C21H23FN4O/c22-18-7-4-15(5-8-18)10-17-6-9-20(24-13-17)14-25-21(27)26-19-3-1-2-16(11-19)12-23/h1-5,7-8,11,17,20,24H,6,9-10,13-14H2,(H2,25,26,27)/t17-,20+/m0/s1. The summed E-state index contributed by atoms with van der Waals surface area (Å²) in [5.41, 5.74) is 2.26. The number of carbonyl (C=O) groups is 1. The van der Waals surface area contributed by atoms with Crippen molar-refractivity contribution in [2.75, 3.05) is 18.4 Å². The zero-order valence-electron chi connectivity index (χ0n) is 15.0. The largest absolute Gasteiger partial charge is 0.336 e. The highest BCUT2D eigenvalue weighted by Crippen LogP contribution is 2.19. The van der Waals surface area contributed by atoms with Gasteiger partial charge in [-0.1, -0.05) is 18.2 Å². The van der Waals surface area contributed by atoms with Gasteiger partial charge in [0.1, 0.15) is 5.82 Å². The highest BCUT2D eigenvalue weighted by Gasteiger charge is 2.21. The van der Waals surface area contributed by atoms with Crippen molar-refractivity contribution in [3.63, 3.8) is 0 Å². The number of hydrogen-bond donors (Lipinski definition) is 3. The number of halogens is 1. The van der Waals surface area contributed by atoms with Crippen molar-refractivity contribution in [3.05, 3.63) is 65.5 Å². The molecule has 6 heteroatoms. The van der Waals surface area contributed by atoms with Crippen LogP contribution in [-0.4, -0.2) is 25.2 Å². The van der Waals surface area contributed by atoms with Gasteiger partial charge in [-0.15, -0.1) is 0 Å². The fourth-order valence-electron chi connectivity index (χ4n) is 3.33. The molecule has 2 aromatic rings. The first-order chi connectivity index (χ1) is 13.1. The smallest absolute Gasteiger partial charge is 0.319 e. The van der Waals surface area contributed by atoms with Crippen LogP contribution in [0.3, 0.4) is 0 Å². The van der Waals surface area contributed by atoms with Crippen LogP contribution in [0, 0.1) is 23.1 Å². The Hall–Kier alpha value is -2.91. The lowest BCUT2D eigenvalue weighted by Gasteiger charge is -2.30. The molecule has 1 fully saturated rings. The van der Waals surface area contributed by atoms with Gasteiger partial charge in [0.15, 0.2) is 0 Å². The van der Waals surface area contributed by atoms with Crippen molar-refractivity contribution in [1.29, 1.82) is 5.26 Å². The molecule has 2 amide bonds. The minimum atomic E-state index is -0.277. The van der Waals surface area contributed by atoms with Crippen molar-refractivity contribution in [3.8, 4) is 6.07 Å². The second-order valence-electron chi connectivity index (χ2n) is 6.91. The normalized spacial score (nSPS) is 19.1. The molecule has 5 nitrogen and oxygen atoms in total. The second kappa shape index (κ2) is 9.15. The minimum Gasteiger partial charge on any atom is -0.336 e. The summed E-state index contributed by atoms with van der Waals surface area (Å²) in [6, 6.07) is 15.5. The van der Waals surface area contributed by atoms with Crippen LogP contribution in [0.5, 0.6) is 0 Å². The van der Waals surface area contributed by atoms with Gasteiger partial charge in [0.05, 0.1) is 11.6 Å². The second-order valence-corrected chi connectivity index (χ2v) is 6.91. The van der Waals surface area contributed by atoms with E-state index >= 15 is 0 Å². The Morgan fingerprint density at radius 1 is 1.22 bits per heavy atom. The molecule has 3 N–H and O–H groups in total. The van der Waals surface area contributed by atoms with Crippen LogP contribution in [0.25, 0.3) is 0 Å². The number of benzene rings is 2. The van der Waals surface area contributed by atoms with Crippen LogP contribution in [0.2, 0.25) is 0 Å². The number of carbonyl (C=O) groups excluding carboxylic acids is 1. The van der Waals surface area contributed by atoms with Gasteiger partial charge in [-0.2, -0.15) is 5.26 Å². The molecule has 0 bridgehead atoms. The van der Waals surface area contributed by atoms with Gasteiger partial charge in [0, 0.05) is 18.3 Å². The van der Waals surface area contributed by atoms with Crippen molar-refractivity contribution < 1.29 is 9.18 Å². The van der Waals surface area contributed by atoms with E-state index in [-0.39, 0.29) is 17.9 Å². The molecular weight excluding hydrogens is 343 g/mol. The Morgan fingerprint density at radius 2 is 2.04 bits per heavy atom. The lowest BCUT2D eigenvalue weighted by Crippen LogP contribution is -2.47. The van der Waals surface area contributed by atoms with Crippen LogP contribution in [0.1, 0.15) is 24.0 Å². The zero-order chi connectivity index (χ0) is 19.1. The van der Waals surface area contributed by atoms with Crippen molar-refractivity contribution in [1.82, 2.24) is 10.6 Å². The third-order valence-electron chi connectivity index (χ3n) is 4.81. The Labute approximate surface area is 158 Å². The van der Waals surface area contributed by atoms with Gasteiger partial charge in [-0.05, 0) is 67.6 Å². The molecule has 1 aliphatic heterocycles. The summed E-state index contributed by atoms with van der Waals surface area (Å²) in [6.07, 6.45) is 2.99. The minimum absolute atomic E-state index is 0.204. The van der Waals surface area contributed by atoms with Crippen LogP contribution in [0.4, 0.5) is 14.9 Å². The van der Waals surface area contributed by atoms with Crippen LogP contribution >= 0.6 is 0 Å². The number of urea groups is 1. The van der Waals surface area contributed by atoms with E-state index in [1.165, 1.54) is 12.1 Å². The van der Waals surface area contributed by atoms with Gasteiger partial charge in [0.25, 0.3) is 0 Å². The molecule has 0 saturated carbocycles. The van der Waals surface area contributed by atoms with E-state index in [4.69, 9.17) is 5.26 Å². The fourth-order valence-corrected chi connectivity index (χ4v) is 3.33. The van der Waals surface area contributed by atoms with E-state index in [2.05, 4.69) is 16.0 Å². The predicted molar refractivity (Wildman–Crippen MR) is 103 cm³/mol. The molecule has 3 rings (SSSR count). The summed E-state index contributed by atoms with van der Waals surface area (Å²) < 4.78 is 13.0. The number of nitriles is 1.